The molecule has 0 saturated heterocycles. The molecule has 0 radical (unpaired) electrons. The molecule has 1 rings (SSSR count). The molecule has 0 aliphatic carbocycles. The molecule has 3 nitrogen and oxygen atoms in total. The Morgan fingerprint density at radius 1 is 1.36 bits per heavy atom. The van der Waals surface area contributed by atoms with Crippen LogP contribution < -0.4 is 10.5 Å². The lowest BCUT2D eigenvalue weighted by Gasteiger charge is -2.10. The van der Waals surface area contributed by atoms with Gasteiger partial charge in [0.1, 0.15) is 5.75 Å². The molecule has 1 aromatic carbocycles. The number of ether oxygens (including phenoxy) is 2. The first kappa shape index (κ1) is 11.0. The van der Waals surface area contributed by atoms with E-state index in [0.717, 1.165) is 11.3 Å². The van der Waals surface area contributed by atoms with Crippen molar-refractivity contribution in [3.8, 4) is 5.75 Å². The molecule has 0 spiro atoms. The third-order valence-electron chi connectivity index (χ3n) is 1.83. The molecule has 0 bridgehead atoms. The van der Waals surface area contributed by atoms with Crippen LogP contribution in [-0.4, -0.2) is 19.8 Å². The van der Waals surface area contributed by atoms with Crippen molar-refractivity contribution < 1.29 is 9.47 Å². The summed E-state index contributed by atoms with van der Waals surface area (Å²) in [7, 11) is 1.66. The molecule has 0 aliphatic rings. The third-order valence-corrected chi connectivity index (χ3v) is 1.83. The maximum absolute atomic E-state index is 5.57. The minimum atomic E-state index is 0.0738. The summed E-state index contributed by atoms with van der Waals surface area (Å²) in [6.07, 6.45) is 0. The summed E-state index contributed by atoms with van der Waals surface area (Å²) in [5, 5.41) is 0. The van der Waals surface area contributed by atoms with Crippen LogP contribution in [0.4, 0.5) is 0 Å². The van der Waals surface area contributed by atoms with Crippen molar-refractivity contribution in [3.05, 3.63) is 29.8 Å². The maximum atomic E-state index is 5.57. The van der Waals surface area contributed by atoms with Crippen LogP contribution in [0.1, 0.15) is 12.5 Å². The topological polar surface area (TPSA) is 44.5 Å². The Hall–Kier alpha value is -1.06. The number of para-hydroxylation sites is 1. The van der Waals surface area contributed by atoms with Crippen LogP contribution in [0.15, 0.2) is 24.3 Å². The van der Waals surface area contributed by atoms with Gasteiger partial charge in [-0.2, -0.15) is 0 Å². The number of methoxy groups -OCH3 is 1. The maximum Gasteiger partial charge on any atom is 0.124 e. The molecule has 0 saturated carbocycles. The molecular formula is C11H17NO2. The Balaban J connectivity index is 2.49. The van der Waals surface area contributed by atoms with Crippen molar-refractivity contribution >= 4 is 0 Å². The van der Waals surface area contributed by atoms with E-state index in [4.69, 9.17) is 15.2 Å². The highest BCUT2D eigenvalue weighted by Crippen LogP contribution is 2.17. The molecule has 0 fully saturated rings. The van der Waals surface area contributed by atoms with Crippen LogP contribution >= 0.6 is 0 Å². The molecule has 1 atom stereocenters. The SMILES string of the molecule is COc1ccccc1COC[C@@H](C)N. The van der Waals surface area contributed by atoms with Crippen LogP contribution in [0.3, 0.4) is 0 Å². The van der Waals surface area contributed by atoms with E-state index in [-0.39, 0.29) is 6.04 Å². The lowest BCUT2D eigenvalue weighted by Crippen LogP contribution is -2.21. The average Bonchev–Trinajstić information content (AvgIpc) is 2.18. The predicted octanol–water partition coefficient (Wildman–Crippen LogP) is 1.56. The van der Waals surface area contributed by atoms with E-state index in [1.165, 1.54) is 0 Å². The molecule has 0 unspecified atom stereocenters. The molecule has 0 amide bonds. The molecule has 0 aliphatic heterocycles. The third kappa shape index (κ3) is 3.36. The normalized spacial score (nSPS) is 12.5. The summed E-state index contributed by atoms with van der Waals surface area (Å²) in [6, 6.07) is 7.88. The highest BCUT2D eigenvalue weighted by Gasteiger charge is 2.01. The Bertz CT molecular complexity index is 274. The molecule has 2 N–H and O–H groups in total. The fraction of sp³-hybridized carbons (Fsp3) is 0.455. The first-order valence-electron chi connectivity index (χ1n) is 4.69. The first-order chi connectivity index (χ1) is 6.74. The van der Waals surface area contributed by atoms with Gasteiger partial charge < -0.3 is 15.2 Å². The van der Waals surface area contributed by atoms with Gasteiger partial charge in [0.2, 0.25) is 0 Å². The van der Waals surface area contributed by atoms with Gasteiger partial charge >= 0.3 is 0 Å². The highest BCUT2D eigenvalue weighted by molar-refractivity contribution is 5.32. The highest BCUT2D eigenvalue weighted by atomic mass is 16.5. The first-order valence-corrected chi connectivity index (χ1v) is 4.69. The molecular weight excluding hydrogens is 178 g/mol. The lowest BCUT2D eigenvalue weighted by atomic mass is 10.2. The smallest absolute Gasteiger partial charge is 0.124 e. The van der Waals surface area contributed by atoms with Gasteiger partial charge in [-0.3, -0.25) is 0 Å². The molecule has 3 heteroatoms. The quantitative estimate of drug-likeness (QED) is 0.775. The Morgan fingerprint density at radius 3 is 2.71 bits per heavy atom. The molecule has 0 aromatic heterocycles. The minimum Gasteiger partial charge on any atom is -0.496 e. The summed E-state index contributed by atoms with van der Waals surface area (Å²) in [4.78, 5) is 0. The van der Waals surface area contributed by atoms with Gasteiger partial charge in [0, 0.05) is 11.6 Å². The van der Waals surface area contributed by atoms with E-state index >= 15 is 0 Å². The number of nitrogens with two attached hydrogens (primary N) is 1. The van der Waals surface area contributed by atoms with Gasteiger partial charge in [-0.1, -0.05) is 18.2 Å². The second-order valence-corrected chi connectivity index (χ2v) is 3.30. The minimum absolute atomic E-state index is 0.0738. The van der Waals surface area contributed by atoms with E-state index < -0.39 is 0 Å². The number of rotatable bonds is 5. The zero-order valence-corrected chi connectivity index (χ0v) is 8.69. The monoisotopic (exact) mass is 195 g/mol. The summed E-state index contributed by atoms with van der Waals surface area (Å²) < 4.78 is 10.6. The standard InChI is InChI=1S/C11H17NO2/c1-9(12)7-14-8-10-5-3-4-6-11(10)13-2/h3-6,9H,7-8,12H2,1-2H3/t9-/m1/s1. The van der Waals surface area contributed by atoms with E-state index in [0.29, 0.717) is 13.2 Å². The van der Waals surface area contributed by atoms with Crippen molar-refractivity contribution in [1.82, 2.24) is 0 Å². The number of hydrogen-bond donors (Lipinski definition) is 1. The van der Waals surface area contributed by atoms with Crippen LogP contribution in [0, 0.1) is 0 Å². The largest absolute Gasteiger partial charge is 0.496 e. The molecule has 1 aromatic rings. The van der Waals surface area contributed by atoms with Gasteiger partial charge in [0.05, 0.1) is 20.3 Å². The van der Waals surface area contributed by atoms with Gasteiger partial charge in [-0.15, -0.1) is 0 Å². The molecule has 78 valence electrons. The van der Waals surface area contributed by atoms with E-state index in [1.54, 1.807) is 7.11 Å². The van der Waals surface area contributed by atoms with Crippen molar-refractivity contribution in [2.24, 2.45) is 5.73 Å². The summed E-state index contributed by atoms with van der Waals surface area (Å²) in [6.45, 7) is 3.03. The summed E-state index contributed by atoms with van der Waals surface area (Å²) in [5.41, 5.74) is 6.62. The Morgan fingerprint density at radius 2 is 2.07 bits per heavy atom. The zero-order valence-electron chi connectivity index (χ0n) is 8.69. The molecule has 14 heavy (non-hydrogen) atoms. The second kappa shape index (κ2) is 5.62. The second-order valence-electron chi connectivity index (χ2n) is 3.30. The number of benzene rings is 1. The zero-order chi connectivity index (χ0) is 10.4. The Labute approximate surface area is 84.8 Å². The Kier molecular flexibility index (Phi) is 4.43. The van der Waals surface area contributed by atoms with E-state index in [1.807, 2.05) is 31.2 Å². The van der Waals surface area contributed by atoms with Crippen LogP contribution in [0.25, 0.3) is 0 Å². The van der Waals surface area contributed by atoms with Crippen LogP contribution in [-0.2, 0) is 11.3 Å². The average molecular weight is 195 g/mol. The number of hydrogen-bond acceptors (Lipinski definition) is 3. The predicted molar refractivity (Wildman–Crippen MR) is 56.3 cm³/mol. The van der Waals surface area contributed by atoms with Gasteiger partial charge in [0.15, 0.2) is 0 Å². The van der Waals surface area contributed by atoms with Crippen molar-refractivity contribution in [2.75, 3.05) is 13.7 Å². The van der Waals surface area contributed by atoms with Crippen LogP contribution in [0.2, 0.25) is 0 Å². The summed E-state index contributed by atoms with van der Waals surface area (Å²) in [5.74, 6) is 0.858. The van der Waals surface area contributed by atoms with Crippen molar-refractivity contribution in [2.45, 2.75) is 19.6 Å². The molecule has 0 heterocycles. The van der Waals surface area contributed by atoms with E-state index in [9.17, 15) is 0 Å². The van der Waals surface area contributed by atoms with Gasteiger partial charge in [0.25, 0.3) is 0 Å². The van der Waals surface area contributed by atoms with Gasteiger partial charge in [-0.25, -0.2) is 0 Å². The van der Waals surface area contributed by atoms with Crippen molar-refractivity contribution in [3.63, 3.8) is 0 Å². The van der Waals surface area contributed by atoms with E-state index in [2.05, 4.69) is 0 Å². The summed E-state index contributed by atoms with van der Waals surface area (Å²) >= 11 is 0. The lowest BCUT2D eigenvalue weighted by molar-refractivity contribution is 0.110. The fourth-order valence-electron chi connectivity index (χ4n) is 1.18. The van der Waals surface area contributed by atoms with Gasteiger partial charge in [-0.05, 0) is 13.0 Å². The fourth-order valence-corrected chi connectivity index (χ4v) is 1.18. The van der Waals surface area contributed by atoms with Crippen LogP contribution in [0.5, 0.6) is 5.75 Å². The van der Waals surface area contributed by atoms with Crippen molar-refractivity contribution in [1.29, 1.82) is 0 Å².